The second kappa shape index (κ2) is 4.81. The van der Waals surface area contributed by atoms with Crippen LogP contribution in [0.25, 0.3) is 0 Å². The largest absolute Gasteiger partial charge is 0.464 e. The lowest BCUT2D eigenvalue weighted by Gasteiger charge is -2.18. The van der Waals surface area contributed by atoms with Gasteiger partial charge in [0.15, 0.2) is 0 Å². The third-order valence-corrected chi connectivity index (χ3v) is 4.12. The second-order valence-corrected chi connectivity index (χ2v) is 5.42. The number of hydrogen-bond acceptors (Lipinski definition) is 1. The Hall–Kier alpha value is -1.21. The Bertz CT molecular complexity index is 555. The molecule has 0 saturated carbocycles. The van der Waals surface area contributed by atoms with Crippen LogP contribution in [0.2, 0.25) is 0 Å². The van der Waals surface area contributed by atoms with E-state index in [1.54, 1.807) is 0 Å². The molecule has 96 valence electrons. The van der Waals surface area contributed by atoms with Gasteiger partial charge in [-0.1, -0.05) is 6.07 Å². The highest BCUT2D eigenvalue weighted by molar-refractivity contribution is 6.22. The third-order valence-electron chi connectivity index (χ3n) is 3.69. The zero-order valence-corrected chi connectivity index (χ0v) is 12.4. The SMILES string of the molecule is Cc1ccc(C(Cl)c2c(C)c(C)cc(C)c2C)o1. The van der Waals surface area contributed by atoms with Crippen molar-refractivity contribution in [1.29, 1.82) is 0 Å². The molecular weight excluding hydrogens is 244 g/mol. The summed E-state index contributed by atoms with van der Waals surface area (Å²) in [6, 6.07) is 6.13. The molecule has 0 bridgehead atoms. The van der Waals surface area contributed by atoms with E-state index in [0.717, 1.165) is 11.5 Å². The van der Waals surface area contributed by atoms with Crippen LogP contribution in [0, 0.1) is 34.6 Å². The summed E-state index contributed by atoms with van der Waals surface area (Å²) in [5, 5.41) is -0.211. The van der Waals surface area contributed by atoms with Gasteiger partial charge in [-0.05, 0) is 74.6 Å². The van der Waals surface area contributed by atoms with Crippen LogP contribution in [-0.4, -0.2) is 0 Å². The number of hydrogen-bond donors (Lipinski definition) is 0. The summed E-state index contributed by atoms with van der Waals surface area (Å²) < 4.78 is 5.66. The van der Waals surface area contributed by atoms with Crippen molar-refractivity contribution in [1.82, 2.24) is 0 Å². The van der Waals surface area contributed by atoms with Gasteiger partial charge in [-0.25, -0.2) is 0 Å². The zero-order valence-electron chi connectivity index (χ0n) is 11.6. The summed E-state index contributed by atoms with van der Waals surface area (Å²) in [6.07, 6.45) is 0. The molecule has 1 nitrogen and oxygen atoms in total. The van der Waals surface area contributed by atoms with Crippen LogP contribution in [0.5, 0.6) is 0 Å². The first kappa shape index (κ1) is 13.2. The lowest BCUT2D eigenvalue weighted by atomic mass is 9.91. The molecule has 1 aromatic heterocycles. The Morgan fingerprint density at radius 1 is 0.944 bits per heavy atom. The number of furan rings is 1. The molecule has 1 atom stereocenters. The van der Waals surface area contributed by atoms with Crippen LogP contribution in [0.4, 0.5) is 0 Å². The van der Waals surface area contributed by atoms with Crippen molar-refractivity contribution in [2.24, 2.45) is 0 Å². The molecule has 2 heteroatoms. The van der Waals surface area contributed by atoms with Gasteiger partial charge >= 0.3 is 0 Å². The fourth-order valence-corrected chi connectivity index (χ4v) is 2.80. The van der Waals surface area contributed by atoms with Gasteiger partial charge in [-0.15, -0.1) is 11.6 Å². The van der Waals surface area contributed by atoms with Crippen LogP contribution in [-0.2, 0) is 0 Å². The highest BCUT2D eigenvalue weighted by Crippen LogP contribution is 2.36. The molecular formula is C16H19ClO. The van der Waals surface area contributed by atoms with Gasteiger partial charge < -0.3 is 4.42 Å². The maximum absolute atomic E-state index is 6.61. The van der Waals surface area contributed by atoms with E-state index < -0.39 is 0 Å². The molecule has 2 rings (SSSR count). The van der Waals surface area contributed by atoms with Crippen molar-refractivity contribution >= 4 is 11.6 Å². The Labute approximate surface area is 114 Å². The first-order chi connectivity index (χ1) is 8.41. The fourth-order valence-electron chi connectivity index (χ4n) is 2.36. The Morgan fingerprint density at radius 2 is 1.50 bits per heavy atom. The topological polar surface area (TPSA) is 13.1 Å². The molecule has 0 fully saturated rings. The van der Waals surface area contributed by atoms with Crippen molar-refractivity contribution in [3.05, 3.63) is 57.5 Å². The molecule has 0 spiro atoms. The summed E-state index contributed by atoms with van der Waals surface area (Å²) in [7, 11) is 0. The standard InChI is InChI=1S/C16H19ClO/c1-9-8-10(2)13(5)15(12(9)4)16(17)14-7-6-11(3)18-14/h6-8,16H,1-5H3. The molecule has 1 heterocycles. The summed E-state index contributed by atoms with van der Waals surface area (Å²) in [5.74, 6) is 1.72. The van der Waals surface area contributed by atoms with E-state index in [4.69, 9.17) is 16.0 Å². The molecule has 18 heavy (non-hydrogen) atoms. The lowest BCUT2D eigenvalue weighted by Crippen LogP contribution is -2.02. The van der Waals surface area contributed by atoms with Gasteiger partial charge in [-0.3, -0.25) is 0 Å². The molecule has 1 aromatic carbocycles. The van der Waals surface area contributed by atoms with Crippen LogP contribution in [0.1, 0.15) is 44.7 Å². The maximum Gasteiger partial charge on any atom is 0.126 e. The molecule has 1 unspecified atom stereocenters. The van der Waals surface area contributed by atoms with Crippen molar-refractivity contribution in [3.8, 4) is 0 Å². The van der Waals surface area contributed by atoms with E-state index in [1.807, 2.05) is 19.1 Å². The molecule has 0 aliphatic carbocycles. The number of rotatable bonds is 2. The van der Waals surface area contributed by atoms with E-state index in [2.05, 4.69) is 33.8 Å². The predicted molar refractivity (Wildman–Crippen MR) is 76.5 cm³/mol. The van der Waals surface area contributed by atoms with Crippen molar-refractivity contribution in [2.45, 2.75) is 40.0 Å². The highest BCUT2D eigenvalue weighted by atomic mass is 35.5. The maximum atomic E-state index is 6.61. The smallest absolute Gasteiger partial charge is 0.126 e. The van der Waals surface area contributed by atoms with Crippen LogP contribution in [0.3, 0.4) is 0 Å². The lowest BCUT2D eigenvalue weighted by molar-refractivity contribution is 0.488. The minimum Gasteiger partial charge on any atom is -0.464 e. The molecule has 0 radical (unpaired) electrons. The number of aryl methyl sites for hydroxylation is 3. The quantitative estimate of drug-likeness (QED) is 0.682. The molecule has 0 amide bonds. The number of alkyl halides is 1. The van der Waals surface area contributed by atoms with E-state index in [-0.39, 0.29) is 5.38 Å². The predicted octanol–water partition coefficient (Wildman–Crippen LogP) is 5.15. The van der Waals surface area contributed by atoms with E-state index in [9.17, 15) is 0 Å². The van der Waals surface area contributed by atoms with Crippen molar-refractivity contribution in [3.63, 3.8) is 0 Å². The van der Waals surface area contributed by atoms with Gasteiger partial charge in [0.2, 0.25) is 0 Å². The summed E-state index contributed by atoms with van der Waals surface area (Å²) in [5.41, 5.74) is 6.26. The van der Waals surface area contributed by atoms with Crippen LogP contribution < -0.4 is 0 Å². The summed E-state index contributed by atoms with van der Waals surface area (Å²) in [6.45, 7) is 10.4. The zero-order chi connectivity index (χ0) is 13.4. The average molecular weight is 263 g/mol. The van der Waals surface area contributed by atoms with Crippen molar-refractivity contribution < 1.29 is 4.42 Å². The number of halogens is 1. The molecule has 0 N–H and O–H groups in total. The van der Waals surface area contributed by atoms with Gasteiger partial charge in [0.1, 0.15) is 16.9 Å². The fraction of sp³-hybridized carbons (Fsp3) is 0.375. The van der Waals surface area contributed by atoms with Crippen LogP contribution >= 0.6 is 11.6 Å². The molecule has 0 saturated heterocycles. The highest BCUT2D eigenvalue weighted by Gasteiger charge is 2.20. The van der Waals surface area contributed by atoms with Crippen molar-refractivity contribution in [2.75, 3.05) is 0 Å². The van der Waals surface area contributed by atoms with Gasteiger partial charge in [0.05, 0.1) is 0 Å². The molecule has 0 aliphatic rings. The Morgan fingerprint density at radius 3 is 1.94 bits per heavy atom. The summed E-state index contributed by atoms with van der Waals surface area (Å²) in [4.78, 5) is 0. The minimum absolute atomic E-state index is 0.211. The van der Waals surface area contributed by atoms with Gasteiger partial charge in [0, 0.05) is 0 Å². The normalized spacial score (nSPS) is 12.8. The first-order valence-corrected chi connectivity index (χ1v) is 6.63. The third kappa shape index (κ3) is 2.20. The average Bonchev–Trinajstić information content (AvgIpc) is 2.73. The van der Waals surface area contributed by atoms with E-state index >= 15 is 0 Å². The molecule has 0 aliphatic heterocycles. The van der Waals surface area contributed by atoms with Gasteiger partial charge in [-0.2, -0.15) is 0 Å². The monoisotopic (exact) mass is 262 g/mol. The Kier molecular flexibility index (Phi) is 3.54. The Balaban J connectivity index is 2.57. The number of benzene rings is 1. The van der Waals surface area contributed by atoms with E-state index in [1.165, 1.54) is 27.8 Å². The first-order valence-electron chi connectivity index (χ1n) is 6.19. The molecule has 2 aromatic rings. The second-order valence-electron chi connectivity index (χ2n) is 4.99. The summed E-state index contributed by atoms with van der Waals surface area (Å²) >= 11 is 6.61. The van der Waals surface area contributed by atoms with E-state index in [0.29, 0.717) is 0 Å². The van der Waals surface area contributed by atoms with Gasteiger partial charge in [0.25, 0.3) is 0 Å². The van der Waals surface area contributed by atoms with Crippen LogP contribution in [0.15, 0.2) is 22.6 Å². The minimum atomic E-state index is -0.211.